The molecule has 0 aliphatic heterocycles. The Bertz CT molecular complexity index is 1250. The molecule has 4 aromatic rings. The number of carbonyl (C=O) groups excluding carboxylic acids is 1. The van der Waals surface area contributed by atoms with Crippen molar-refractivity contribution in [1.29, 1.82) is 0 Å². The average Bonchev–Trinajstić information content (AvgIpc) is 3.28. The van der Waals surface area contributed by atoms with Crippen molar-refractivity contribution in [1.82, 2.24) is 14.8 Å². The largest absolute Gasteiger partial charge is 0.380 e. The van der Waals surface area contributed by atoms with Gasteiger partial charge in [0.2, 0.25) is 0 Å². The fourth-order valence-electron chi connectivity index (χ4n) is 4.15. The molecule has 0 fully saturated rings. The maximum Gasteiger partial charge on any atom is 0.251 e. The molecule has 0 unspecified atom stereocenters. The number of nitrogens with zero attached hydrogens (tertiary/aromatic N) is 2. The van der Waals surface area contributed by atoms with Crippen LogP contribution in [0.1, 0.15) is 21.6 Å². The zero-order valence-corrected chi connectivity index (χ0v) is 21.7. The van der Waals surface area contributed by atoms with Crippen molar-refractivity contribution in [2.45, 2.75) is 13.2 Å². The number of benzene rings is 3. The van der Waals surface area contributed by atoms with Gasteiger partial charge in [-0.05, 0) is 55.1 Å². The average molecular weight is 532 g/mol. The Morgan fingerprint density at radius 1 is 0.943 bits per heavy atom. The van der Waals surface area contributed by atoms with Gasteiger partial charge in [-0.3, -0.25) is 9.69 Å². The van der Waals surface area contributed by atoms with E-state index in [9.17, 15) is 4.79 Å². The third-order valence-electron chi connectivity index (χ3n) is 5.88. The number of ether oxygens (including phenoxy) is 1. The molecule has 5 nitrogen and oxygen atoms in total. The van der Waals surface area contributed by atoms with Crippen LogP contribution in [-0.4, -0.2) is 42.6 Å². The van der Waals surface area contributed by atoms with Crippen LogP contribution in [0.15, 0.2) is 95.5 Å². The van der Waals surface area contributed by atoms with E-state index < -0.39 is 0 Å². The molecule has 0 spiro atoms. The number of amides is 1. The van der Waals surface area contributed by atoms with Crippen LogP contribution in [0.4, 0.5) is 0 Å². The van der Waals surface area contributed by atoms with Crippen molar-refractivity contribution in [3.05, 3.63) is 112 Å². The van der Waals surface area contributed by atoms with Crippen molar-refractivity contribution >= 4 is 21.8 Å². The number of methoxy groups -OCH3 is 1. The van der Waals surface area contributed by atoms with Crippen LogP contribution in [0.25, 0.3) is 16.9 Å². The molecule has 1 heterocycles. The second-order valence-electron chi connectivity index (χ2n) is 8.47. The maximum atomic E-state index is 12.4. The molecule has 1 amide bonds. The molecule has 0 saturated heterocycles. The normalized spacial score (nSPS) is 11.1. The lowest BCUT2D eigenvalue weighted by atomic mass is 10.1. The number of para-hydroxylation sites is 1. The van der Waals surface area contributed by atoms with Crippen molar-refractivity contribution in [3.63, 3.8) is 0 Å². The smallest absolute Gasteiger partial charge is 0.251 e. The monoisotopic (exact) mass is 531 g/mol. The summed E-state index contributed by atoms with van der Waals surface area (Å²) in [5, 5.41) is 3.02. The number of carbonyl (C=O) groups is 1. The lowest BCUT2D eigenvalue weighted by molar-refractivity contribution is 0.0949. The van der Waals surface area contributed by atoms with Gasteiger partial charge in [-0.15, -0.1) is 0 Å². The fraction of sp³-hybridized carbons (Fsp3) is 0.207. The summed E-state index contributed by atoms with van der Waals surface area (Å²) in [7, 11) is 3.80. The van der Waals surface area contributed by atoms with E-state index in [4.69, 9.17) is 4.74 Å². The SMILES string of the molecule is COCc1ccccc1-n1c(CN(C)CCNC(=O)c2ccccc2)ccc1-c1ccc(Br)cc1. The number of hydrogen-bond donors (Lipinski definition) is 1. The lowest BCUT2D eigenvalue weighted by Gasteiger charge is -2.21. The van der Waals surface area contributed by atoms with E-state index in [2.05, 4.69) is 92.4 Å². The van der Waals surface area contributed by atoms with E-state index in [1.54, 1.807) is 7.11 Å². The zero-order valence-electron chi connectivity index (χ0n) is 20.1. The number of aromatic nitrogens is 1. The van der Waals surface area contributed by atoms with Gasteiger partial charge in [0.15, 0.2) is 0 Å². The molecule has 1 N–H and O–H groups in total. The summed E-state index contributed by atoms with van der Waals surface area (Å²) in [6.07, 6.45) is 0. The number of rotatable bonds is 10. The van der Waals surface area contributed by atoms with Gasteiger partial charge in [0.1, 0.15) is 0 Å². The Morgan fingerprint density at radius 2 is 1.66 bits per heavy atom. The standard InChI is InChI=1S/C29H30BrN3O2/c1-32(19-18-31-29(34)23-8-4-3-5-9-23)20-26-16-17-28(22-12-14-25(30)15-13-22)33(26)27-11-7-6-10-24(27)21-35-2/h3-17H,18-21H2,1-2H3,(H,31,34). The topological polar surface area (TPSA) is 46.5 Å². The van der Waals surface area contributed by atoms with E-state index in [1.165, 1.54) is 5.69 Å². The van der Waals surface area contributed by atoms with Crippen LogP contribution in [0.2, 0.25) is 0 Å². The van der Waals surface area contributed by atoms with Crippen LogP contribution < -0.4 is 5.32 Å². The van der Waals surface area contributed by atoms with Crippen LogP contribution in [-0.2, 0) is 17.9 Å². The minimum atomic E-state index is -0.0478. The number of halogens is 1. The molecule has 6 heteroatoms. The summed E-state index contributed by atoms with van der Waals surface area (Å²) in [5.41, 5.74) is 6.36. The Morgan fingerprint density at radius 3 is 2.40 bits per heavy atom. The lowest BCUT2D eigenvalue weighted by Crippen LogP contribution is -2.33. The highest BCUT2D eigenvalue weighted by Gasteiger charge is 2.16. The molecule has 3 aromatic carbocycles. The summed E-state index contributed by atoms with van der Waals surface area (Å²) < 4.78 is 8.86. The van der Waals surface area contributed by atoms with Gasteiger partial charge in [0.25, 0.3) is 5.91 Å². The van der Waals surface area contributed by atoms with E-state index in [-0.39, 0.29) is 5.91 Å². The van der Waals surface area contributed by atoms with Crippen LogP contribution in [0, 0.1) is 0 Å². The predicted octanol–water partition coefficient (Wildman–Crippen LogP) is 5.92. The van der Waals surface area contributed by atoms with Gasteiger partial charge >= 0.3 is 0 Å². The summed E-state index contributed by atoms with van der Waals surface area (Å²) in [5.74, 6) is -0.0478. The first-order valence-corrected chi connectivity index (χ1v) is 12.4. The molecular weight excluding hydrogens is 502 g/mol. The van der Waals surface area contributed by atoms with Crippen LogP contribution in [0.3, 0.4) is 0 Å². The summed E-state index contributed by atoms with van der Waals surface area (Å²) in [6.45, 7) is 2.58. The Balaban J connectivity index is 1.55. The van der Waals surface area contributed by atoms with Crippen molar-refractivity contribution in [2.75, 3.05) is 27.2 Å². The molecular formula is C29H30BrN3O2. The van der Waals surface area contributed by atoms with Gasteiger partial charge in [0, 0.05) is 48.0 Å². The van der Waals surface area contributed by atoms with Gasteiger partial charge in [-0.1, -0.05) is 64.5 Å². The molecule has 35 heavy (non-hydrogen) atoms. The highest BCUT2D eigenvalue weighted by Crippen LogP contribution is 2.30. The van der Waals surface area contributed by atoms with E-state index in [1.807, 2.05) is 36.4 Å². The predicted molar refractivity (Wildman–Crippen MR) is 145 cm³/mol. The first kappa shape index (κ1) is 24.9. The third-order valence-corrected chi connectivity index (χ3v) is 6.41. The van der Waals surface area contributed by atoms with Crippen molar-refractivity contribution < 1.29 is 9.53 Å². The highest BCUT2D eigenvalue weighted by molar-refractivity contribution is 9.10. The van der Waals surface area contributed by atoms with Crippen molar-refractivity contribution in [2.24, 2.45) is 0 Å². The number of nitrogens with one attached hydrogen (secondary N) is 1. The van der Waals surface area contributed by atoms with Gasteiger partial charge < -0.3 is 14.6 Å². The second kappa shape index (κ2) is 12.0. The fourth-order valence-corrected chi connectivity index (χ4v) is 4.41. The number of likely N-dealkylation sites (N-methyl/N-ethyl adjacent to an activating group) is 1. The minimum Gasteiger partial charge on any atom is -0.380 e. The molecule has 0 saturated carbocycles. The van der Waals surface area contributed by atoms with Crippen LogP contribution >= 0.6 is 15.9 Å². The van der Waals surface area contributed by atoms with E-state index in [0.717, 1.165) is 40.1 Å². The molecule has 180 valence electrons. The second-order valence-corrected chi connectivity index (χ2v) is 9.39. The van der Waals surface area contributed by atoms with E-state index >= 15 is 0 Å². The summed E-state index contributed by atoms with van der Waals surface area (Å²) in [6, 6.07) is 30.4. The molecule has 1 aromatic heterocycles. The first-order chi connectivity index (χ1) is 17.1. The molecule has 4 rings (SSSR count). The summed E-state index contributed by atoms with van der Waals surface area (Å²) >= 11 is 3.54. The number of hydrogen-bond acceptors (Lipinski definition) is 3. The molecule has 0 aliphatic rings. The Kier molecular flexibility index (Phi) is 8.53. The first-order valence-electron chi connectivity index (χ1n) is 11.6. The van der Waals surface area contributed by atoms with Gasteiger partial charge in [-0.25, -0.2) is 0 Å². The molecule has 0 aliphatic carbocycles. The summed E-state index contributed by atoms with van der Waals surface area (Å²) in [4.78, 5) is 14.6. The quantitative estimate of drug-likeness (QED) is 0.276. The van der Waals surface area contributed by atoms with E-state index in [0.29, 0.717) is 18.7 Å². The molecule has 0 radical (unpaired) electrons. The van der Waals surface area contributed by atoms with Gasteiger partial charge in [-0.2, -0.15) is 0 Å². The Labute approximate surface area is 215 Å². The van der Waals surface area contributed by atoms with Crippen molar-refractivity contribution in [3.8, 4) is 16.9 Å². The molecule has 0 atom stereocenters. The maximum absolute atomic E-state index is 12.4. The van der Waals surface area contributed by atoms with Gasteiger partial charge in [0.05, 0.1) is 18.0 Å². The molecule has 0 bridgehead atoms. The van der Waals surface area contributed by atoms with Crippen LogP contribution in [0.5, 0.6) is 0 Å². The zero-order chi connectivity index (χ0) is 24.6. The minimum absolute atomic E-state index is 0.0478. The Hall–Kier alpha value is -3.19. The highest BCUT2D eigenvalue weighted by atomic mass is 79.9. The third kappa shape index (κ3) is 6.28.